The maximum atomic E-state index is 12.4. The van der Waals surface area contributed by atoms with Crippen molar-refractivity contribution in [1.82, 2.24) is 19.7 Å². The Hall–Kier alpha value is -2.96. The molecule has 0 aromatic carbocycles. The molecule has 0 spiro atoms. The summed E-state index contributed by atoms with van der Waals surface area (Å²) in [6, 6.07) is 5.66. The van der Waals surface area contributed by atoms with E-state index in [-0.39, 0.29) is 12.3 Å². The first kappa shape index (κ1) is 19.8. The Morgan fingerprint density at radius 3 is 2.82 bits per heavy atom. The summed E-state index contributed by atoms with van der Waals surface area (Å²) in [7, 11) is 1.94. The molecule has 7 nitrogen and oxygen atoms in total. The Morgan fingerprint density at radius 2 is 2.11 bits per heavy atom. The minimum atomic E-state index is 0.0737. The van der Waals surface area contributed by atoms with Crippen molar-refractivity contribution in [2.24, 2.45) is 7.05 Å². The summed E-state index contributed by atoms with van der Waals surface area (Å²) in [5.41, 5.74) is 4.86. The summed E-state index contributed by atoms with van der Waals surface area (Å²) in [6.45, 7) is 8.90. The molecule has 0 radical (unpaired) electrons. The van der Waals surface area contributed by atoms with Gasteiger partial charge in [0.05, 0.1) is 24.4 Å². The smallest absolute Gasteiger partial charge is 0.213 e. The van der Waals surface area contributed by atoms with Gasteiger partial charge >= 0.3 is 0 Å². The minimum Gasteiger partial charge on any atom is -0.478 e. The second kappa shape index (κ2) is 8.37. The number of fused-ring (bicyclic) bond motifs is 1. The molecule has 1 N–H and O–H groups in total. The van der Waals surface area contributed by atoms with Gasteiger partial charge in [-0.2, -0.15) is 5.10 Å². The van der Waals surface area contributed by atoms with Crippen molar-refractivity contribution in [2.45, 2.75) is 40.0 Å². The molecule has 0 atom stereocenters. The van der Waals surface area contributed by atoms with Crippen molar-refractivity contribution in [3.8, 4) is 5.88 Å². The number of hydrogen-bond acceptors (Lipinski definition) is 6. The largest absolute Gasteiger partial charge is 0.478 e. The van der Waals surface area contributed by atoms with Gasteiger partial charge in [-0.15, -0.1) is 0 Å². The number of Topliss-reactive ketones (excluding diaryl/α,β-unsaturated/α-hetero) is 1. The highest BCUT2D eigenvalue weighted by atomic mass is 16.5. The summed E-state index contributed by atoms with van der Waals surface area (Å²) < 4.78 is 7.27. The van der Waals surface area contributed by atoms with E-state index >= 15 is 0 Å². The molecule has 28 heavy (non-hydrogen) atoms. The van der Waals surface area contributed by atoms with Crippen molar-refractivity contribution < 1.29 is 9.53 Å². The molecule has 0 amide bonds. The number of carbonyl (C=O) groups excluding carboxylic acids is 1. The standard InChI is InChI=1S/C21H27N5O2/c1-6-28-19-10-15(7-8-22-19)9-16(27)12-23-18-11-17(13(2)3)21-20(24-18)14(4)25-26(21)5/h7-8,10-11,13H,6,9,12H2,1-5H3,(H,23,24). The molecule has 0 aliphatic carbocycles. The van der Waals surface area contributed by atoms with E-state index in [9.17, 15) is 4.79 Å². The second-order valence-electron chi connectivity index (χ2n) is 7.16. The number of hydrogen-bond donors (Lipinski definition) is 1. The SMILES string of the molecule is CCOc1cc(CC(=O)CNc2cc(C(C)C)c3c(n2)c(C)nn3C)ccn1. The van der Waals surface area contributed by atoms with Gasteiger partial charge in [0.1, 0.15) is 11.3 Å². The van der Waals surface area contributed by atoms with Gasteiger partial charge in [-0.25, -0.2) is 9.97 Å². The van der Waals surface area contributed by atoms with E-state index in [2.05, 4.69) is 34.2 Å². The molecular formula is C21H27N5O2. The lowest BCUT2D eigenvalue weighted by Crippen LogP contribution is -2.17. The normalized spacial score (nSPS) is 11.2. The van der Waals surface area contributed by atoms with Crippen LogP contribution in [0.1, 0.15) is 43.5 Å². The van der Waals surface area contributed by atoms with E-state index in [1.807, 2.05) is 43.8 Å². The Balaban J connectivity index is 1.73. The summed E-state index contributed by atoms with van der Waals surface area (Å²) in [5, 5.41) is 7.67. The number of ketones is 1. The van der Waals surface area contributed by atoms with E-state index in [1.165, 1.54) is 5.56 Å². The van der Waals surface area contributed by atoms with Gasteiger partial charge in [-0.3, -0.25) is 9.48 Å². The number of rotatable bonds is 8. The molecule has 0 bridgehead atoms. The van der Waals surface area contributed by atoms with Gasteiger partial charge in [-0.05, 0) is 43.0 Å². The van der Waals surface area contributed by atoms with Crippen LogP contribution in [0.4, 0.5) is 5.82 Å². The van der Waals surface area contributed by atoms with Gasteiger partial charge in [-0.1, -0.05) is 13.8 Å². The second-order valence-corrected chi connectivity index (χ2v) is 7.16. The summed E-state index contributed by atoms with van der Waals surface area (Å²) >= 11 is 0. The average molecular weight is 381 g/mol. The fourth-order valence-corrected chi connectivity index (χ4v) is 3.27. The monoisotopic (exact) mass is 381 g/mol. The first-order valence-electron chi connectivity index (χ1n) is 9.56. The molecule has 3 aromatic heterocycles. The number of aryl methyl sites for hydroxylation is 2. The first-order valence-corrected chi connectivity index (χ1v) is 9.56. The van der Waals surface area contributed by atoms with E-state index in [1.54, 1.807) is 6.20 Å². The van der Waals surface area contributed by atoms with Crippen LogP contribution in [0.2, 0.25) is 0 Å². The van der Waals surface area contributed by atoms with Crippen LogP contribution in [0.3, 0.4) is 0 Å². The zero-order chi connectivity index (χ0) is 20.3. The van der Waals surface area contributed by atoms with Crippen LogP contribution in [-0.4, -0.2) is 38.7 Å². The fourth-order valence-electron chi connectivity index (χ4n) is 3.27. The third-order valence-electron chi connectivity index (χ3n) is 4.57. The van der Waals surface area contributed by atoms with E-state index in [4.69, 9.17) is 4.74 Å². The van der Waals surface area contributed by atoms with Crippen LogP contribution in [0.15, 0.2) is 24.4 Å². The predicted molar refractivity (Wildman–Crippen MR) is 110 cm³/mol. The Kier molecular flexibility index (Phi) is 5.92. The first-order chi connectivity index (χ1) is 13.4. The molecule has 148 valence electrons. The molecule has 3 heterocycles. The van der Waals surface area contributed by atoms with Crippen LogP contribution < -0.4 is 10.1 Å². The Labute approximate surface area is 165 Å². The van der Waals surface area contributed by atoms with Crippen molar-refractivity contribution in [3.05, 3.63) is 41.2 Å². The van der Waals surface area contributed by atoms with Crippen LogP contribution in [-0.2, 0) is 18.3 Å². The molecular weight excluding hydrogens is 354 g/mol. The van der Waals surface area contributed by atoms with Gasteiger partial charge in [0.15, 0.2) is 5.78 Å². The summed E-state index contributed by atoms with van der Waals surface area (Å²) in [6.07, 6.45) is 1.98. The van der Waals surface area contributed by atoms with Gasteiger partial charge < -0.3 is 10.1 Å². The van der Waals surface area contributed by atoms with Gasteiger partial charge in [0.2, 0.25) is 5.88 Å². The quantitative estimate of drug-likeness (QED) is 0.644. The number of aromatic nitrogens is 4. The third-order valence-corrected chi connectivity index (χ3v) is 4.57. The van der Waals surface area contributed by atoms with Gasteiger partial charge in [0, 0.05) is 25.7 Å². The van der Waals surface area contributed by atoms with Crippen molar-refractivity contribution in [1.29, 1.82) is 0 Å². The molecule has 0 saturated heterocycles. The maximum Gasteiger partial charge on any atom is 0.213 e. The van der Waals surface area contributed by atoms with E-state index in [0.29, 0.717) is 30.6 Å². The number of nitrogens with zero attached hydrogens (tertiary/aromatic N) is 4. The molecule has 3 rings (SSSR count). The van der Waals surface area contributed by atoms with Crippen molar-refractivity contribution >= 4 is 22.6 Å². The van der Waals surface area contributed by atoms with Crippen LogP contribution in [0.25, 0.3) is 11.0 Å². The maximum absolute atomic E-state index is 12.4. The lowest BCUT2D eigenvalue weighted by Gasteiger charge is -2.12. The molecule has 0 unspecified atom stereocenters. The molecule has 7 heteroatoms. The average Bonchev–Trinajstić information content (AvgIpc) is 2.94. The van der Waals surface area contributed by atoms with E-state index < -0.39 is 0 Å². The van der Waals surface area contributed by atoms with Crippen LogP contribution in [0, 0.1) is 6.92 Å². The highest BCUT2D eigenvalue weighted by Gasteiger charge is 2.16. The summed E-state index contributed by atoms with van der Waals surface area (Å²) in [5.74, 6) is 1.64. The molecule has 0 aliphatic heterocycles. The number of anilines is 1. The number of pyridine rings is 2. The topological polar surface area (TPSA) is 81.9 Å². The Bertz CT molecular complexity index is 994. The molecule has 3 aromatic rings. The number of nitrogens with one attached hydrogen (secondary N) is 1. The van der Waals surface area contributed by atoms with Gasteiger partial charge in [0.25, 0.3) is 0 Å². The summed E-state index contributed by atoms with van der Waals surface area (Å²) in [4.78, 5) is 21.2. The third kappa shape index (κ3) is 4.30. The zero-order valence-electron chi connectivity index (χ0n) is 17.1. The van der Waals surface area contributed by atoms with E-state index in [0.717, 1.165) is 22.3 Å². The van der Waals surface area contributed by atoms with Crippen LogP contribution in [0.5, 0.6) is 5.88 Å². The predicted octanol–water partition coefficient (Wildman–Crippen LogP) is 3.42. The molecule has 0 saturated carbocycles. The number of carbonyl (C=O) groups is 1. The Morgan fingerprint density at radius 1 is 1.32 bits per heavy atom. The lowest BCUT2D eigenvalue weighted by molar-refractivity contribution is -0.116. The molecule has 0 fully saturated rings. The highest BCUT2D eigenvalue weighted by molar-refractivity contribution is 5.86. The fraction of sp³-hybridized carbons (Fsp3) is 0.429. The minimum absolute atomic E-state index is 0.0737. The van der Waals surface area contributed by atoms with Crippen molar-refractivity contribution in [2.75, 3.05) is 18.5 Å². The number of ether oxygens (including phenoxy) is 1. The highest BCUT2D eigenvalue weighted by Crippen LogP contribution is 2.28. The van der Waals surface area contributed by atoms with Crippen LogP contribution >= 0.6 is 0 Å². The molecule has 0 aliphatic rings. The zero-order valence-corrected chi connectivity index (χ0v) is 17.1. The lowest BCUT2D eigenvalue weighted by atomic mass is 10.0. The van der Waals surface area contributed by atoms with Crippen molar-refractivity contribution in [3.63, 3.8) is 0 Å².